The number of allylic oxidation sites excluding steroid dienone is 1. The zero-order chi connectivity index (χ0) is 13.5. The maximum atomic E-state index is 3.73. The Morgan fingerprint density at radius 3 is 2.28 bits per heavy atom. The van der Waals surface area contributed by atoms with Gasteiger partial charge in [0, 0.05) is 24.9 Å². The Kier molecular flexibility index (Phi) is 13.0. The molecule has 2 heteroatoms. The lowest BCUT2D eigenvalue weighted by Gasteiger charge is -2.06. The molecule has 0 amide bonds. The van der Waals surface area contributed by atoms with E-state index in [1.54, 1.807) is 6.20 Å². The Hall–Kier alpha value is -1.18. The number of rotatable bonds is 13. The van der Waals surface area contributed by atoms with E-state index in [0.29, 0.717) is 0 Å². The summed E-state index contributed by atoms with van der Waals surface area (Å²) < 4.78 is 0. The van der Waals surface area contributed by atoms with Gasteiger partial charge in [0.1, 0.15) is 0 Å². The molecule has 0 fully saturated rings. The van der Waals surface area contributed by atoms with Gasteiger partial charge in [-0.25, -0.2) is 0 Å². The highest BCUT2D eigenvalue weighted by Gasteiger charge is 1.92. The first kappa shape index (κ1) is 16.8. The van der Waals surface area contributed by atoms with Crippen LogP contribution in [-0.2, 0) is 0 Å². The third-order valence-electron chi connectivity index (χ3n) is 2.85. The second kappa shape index (κ2) is 13.9. The van der Waals surface area contributed by atoms with E-state index >= 15 is 0 Å². The van der Waals surface area contributed by atoms with Gasteiger partial charge in [0.15, 0.2) is 0 Å². The number of hydrogen-bond acceptors (Lipinski definition) is 2. The van der Waals surface area contributed by atoms with Gasteiger partial charge in [-0.15, -0.1) is 6.58 Å². The number of nitrogens with one attached hydrogen (secondary N) is 2. The first-order valence-corrected chi connectivity index (χ1v) is 7.25. The Bertz CT molecular complexity index is 219. The highest BCUT2D eigenvalue weighted by atomic mass is 14.9. The minimum absolute atomic E-state index is 0.843. The molecule has 18 heavy (non-hydrogen) atoms. The van der Waals surface area contributed by atoms with Crippen molar-refractivity contribution in [2.24, 2.45) is 0 Å². The van der Waals surface area contributed by atoms with Gasteiger partial charge in [-0.3, -0.25) is 0 Å². The monoisotopic (exact) mass is 250 g/mol. The molecule has 0 aromatic rings. The third-order valence-corrected chi connectivity index (χ3v) is 2.85. The molecule has 0 saturated heterocycles. The minimum Gasteiger partial charge on any atom is -0.389 e. The lowest BCUT2D eigenvalue weighted by molar-refractivity contribution is 0.582. The van der Waals surface area contributed by atoms with Crippen LogP contribution >= 0.6 is 0 Å². The van der Waals surface area contributed by atoms with Crippen molar-refractivity contribution in [2.45, 2.75) is 58.3 Å². The fourth-order valence-electron chi connectivity index (χ4n) is 1.83. The van der Waals surface area contributed by atoms with Crippen LogP contribution in [0.25, 0.3) is 0 Å². The summed E-state index contributed by atoms with van der Waals surface area (Å²) in [6.45, 7) is 10.7. The zero-order valence-electron chi connectivity index (χ0n) is 12.0. The van der Waals surface area contributed by atoms with Crippen molar-refractivity contribution in [1.29, 1.82) is 0 Å². The van der Waals surface area contributed by atoms with Crippen LogP contribution in [0.4, 0.5) is 0 Å². The fourth-order valence-corrected chi connectivity index (χ4v) is 1.83. The van der Waals surface area contributed by atoms with Crippen LogP contribution in [0.3, 0.4) is 0 Å². The zero-order valence-corrected chi connectivity index (χ0v) is 12.0. The van der Waals surface area contributed by atoms with E-state index in [2.05, 4.69) is 30.7 Å². The van der Waals surface area contributed by atoms with Crippen molar-refractivity contribution in [3.8, 4) is 0 Å². The van der Waals surface area contributed by atoms with Crippen LogP contribution in [0.15, 0.2) is 37.3 Å². The summed E-state index contributed by atoms with van der Waals surface area (Å²) in [7, 11) is 0. The summed E-state index contributed by atoms with van der Waals surface area (Å²) in [5.41, 5.74) is 1.11. The minimum atomic E-state index is 0.843. The molecule has 0 saturated carbocycles. The molecule has 0 aliphatic carbocycles. The molecular formula is C16H30N2. The molecule has 0 unspecified atom stereocenters. The van der Waals surface area contributed by atoms with Crippen LogP contribution < -0.4 is 10.6 Å². The van der Waals surface area contributed by atoms with Crippen molar-refractivity contribution in [3.63, 3.8) is 0 Å². The summed E-state index contributed by atoms with van der Waals surface area (Å²) in [4.78, 5) is 0. The third kappa shape index (κ3) is 11.3. The largest absolute Gasteiger partial charge is 0.389 e. The Labute approximate surface area is 113 Å². The van der Waals surface area contributed by atoms with Crippen LogP contribution in [0.1, 0.15) is 58.3 Å². The Morgan fingerprint density at radius 1 is 1.00 bits per heavy atom. The lowest BCUT2D eigenvalue weighted by Crippen LogP contribution is -2.13. The molecule has 0 aromatic carbocycles. The molecule has 104 valence electrons. The van der Waals surface area contributed by atoms with E-state index in [-0.39, 0.29) is 0 Å². The number of unbranched alkanes of at least 4 members (excludes halogenated alkanes) is 6. The lowest BCUT2D eigenvalue weighted by atomic mass is 10.1. The molecule has 0 rings (SSSR count). The smallest absolute Gasteiger partial charge is 0.0343 e. The molecule has 0 heterocycles. The first-order chi connectivity index (χ1) is 8.85. The molecule has 0 aliphatic heterocycles. The van der Waals surface area contributed by atoms with Crippen molar-refractivity contribution in [1.82, 2.24) is 10.6 Å². The van der Waals surface area contributed by atoms with Crippen LogP contribution in [0, 0.1) is 0 Å². The van der Waals surface area contributed by atoms with E-state index in [0.717, 1.165) is 18.7 Å². The average Bonchev–Trinajstić information content (AvgIpc) is 2.37. The van der Waals surface area contributed by atoms with Gasteiger partial charge in [0.05, 0.1) is 0 Å². The van der Waals surface area contributed by atoms with Crippen molar-refractivity contribution < 1.29 is 0 Å². The summed E-state index contributed by atoms with van der Waals surface area (Å²) >= 11 is 0. The van der Waals surface area contributed by atoms with Gasteiger partial charge < -0.3 is 10.6 Å². The van der Waals surface area contributed by atoms with E-state index in [4.69, 9.17) is 0 Å². The molecule has 2 N–H and O–H groups in total. The maximum Gasteiger partial charge on any atom is 0.0343 e. The standard InChI is InChI=1S/C16H30N2/c1-4-7-8-9-10-11-12-14-17-15-16(13-5-2)18-6-3/h5-6,15,17-18H,2-4,7-14H2,1H3/b16-15+. The molecule has 0 aromatic heterocycles. The van der Waals surface area contributed by atoms with E-state index < -0.39 is 0 Å². The second-order valence-electron chi connectivity index (χ2n) is 4.59. The SMILES string of the molecule is C=CC/C(=C\NCCCCCCCCC)NC=C. The molecule has 0 bridgehead atoms. The van der Waals surface area contributed by atoms with Gasteiger partial charge in [-0.1, -0.05) is 58.1 Å². The van der Waals surface area contributed by atoms with Crippen molar-refractivity contribution in [3.05, 3.63) is 37.3 Å². The van der Waals surface area contributed by atoms with Crippen molar-refractivity contribution >= 4 is 0 Å². The highest BCUT2D eigenvalue weighted by molar-refractivity contribution is 5.05. The molecule has 0 aliphatic rings. The van der Waals surface area contributed by atoms with Gasteiger partial charge in [-0.2, -0.15) is 0 Å². The van der Waals surface area contributed by atoms with Gasteiger partial charge in [0.2, 0.25) is 0 Å². The van der Waals surface area contributed by atoms with Gasteiger partial charge >= 0.3 is 0 Å². The van der Waals surface area contributed by atoms with Crippen molar-refractivity contribution in [2.75, 3.05) is 6.54 Å². The summed E-state index contributed by atoms with van der Waals surface area (Å²) in [5.74, 6) is 0. The molecule has 0 atom stereocenters. The quantitative estimate of drug-likeness (QED) is 0.372. The molecule has 0 spiro atoms. The van der Waals surface area contributed by atoms with E-state index in [9.17, 15) is 0 Å². The topological polar surface area (TPSA) is 24.1 Å². The molecule has 0 radical (unpaired) electrons. The number of hydrogen-bond donors (Lipinski definition) is 2. The Morgan fingerprint density at radius 2 is 1.67 bits per heavy atom. The summed E-state index contributed by atoms with van der Waals surface area (Å²) in [6, 6.07) is 0. The summed E-state index contributed by atoms with van der Waals surface area (Å²) in [6.07, 6.45) is 15.9. The van der Waals surface area contributed by atoms with Gasteiger partial charge in [-0.05, 0) is 12.6 Å². The van der Waals surface area contributed by atoms with Crippen LogP contribution in [0.5, 0.6) is 0 Å². The average molecular weight is 250 g/mol. The predicted octanol–water partition coefficient (Wildman–Crippen LogP) is 4.48. The van der Waals surface area contributed by atoms with Gasteiger partial charge in [0.25, 0.3) is 0 Å². The highest BCUT2D eigenvalue weighted by Crippen LogP contribution is 2.06. The normalized spacial score (nSPS) is 11.1. The predicted molar refractivity (Wildman–Crippen MR) is 82.2 cm³/mol. The molecular weight excluding hydrogens is 220 g/mol. The van der Waals surface area contributed by atoms with Crippen LogP contribution in [-0.4, -0.2) is 6.54 Å². The van der Waals surface area contributed by atoms with E-state index in [1.807, 2.05) is 12.3 Å². The molecule has 2 nitrogen and oxygen atoms in total. The first-order valence-electron chi connectivity index (χ1n) is 7.25. The summed E-state index contributed by atoms with van der Waals surface area (Å²) in [5, 5.41) is 6.44. The van der Waals surface area contributed by atoms with Crippen LogP contribution in [0.2, 0.25) is 0 Å². The Balaban J connectivity index is 3.43. The second-order valence-corrected chi connectivity index (χ2v) is 4.59. The fraction of sp³-hybridized carbons (Fsp3) is 0.625. The maximum absolute atomic E-state index is 3.73. The van der Waals surface area contributed by atoms with E-state index in [1.165, 1.54) is 44.9 Å².